The summed E-state index contributed by atoms with van der Waals surface area (Å²) in [7, 11) is 4.46. The number of amides is 1. The Kier molecular flexibility index (Phi) is 3.72. The molecule has 0 fully saturated rings. The Hall–Kier alpha value is -3.29. The van der Waals surface area contributed by atoms with Gasteiger partial charge in [-0.3, -0.25) is 0 Å². The molecule has 1 aromatic heterocycles. The summed E-state index contributed by atoms with van der Waals surface area (Å²) in [6.07, 6.45) is -0.648. The SMILES string of the molecule is COc1cccc2c1n([O-])c1cccc(OC(=O)N(C)C)c1[n+]2=O. The maximum absolute atomic E-state index is 12.8. The highest BCUT2D eigenvalue weighted by molar-refractivity contribution is 5.90. The van der Waals surface area contributed by atoms with Crippen molar-refractivity contribution in [2.24, 2.45) is 0 Å². The van der Waals surface area contributed by atoms with E-state index in [9.17, 15) is 14.9 Å². The van der Waals surface area contributed by atoms with E-state index in [1.54, 1.807) is 12.1 Å². The highest BCUT2D eigenvalue weighted by Crippen LogP contribution is 2.29. The summed E-state index contributed by atoms with van der Waals surface area (Å²) in [6.45, 7) is 0. The van der Waals surface area contributed by atoms with Gasteiger partial charge < -0.3 is 24.3 Å². The van der Waals surface area contributed by atoms with Gasteiger partial charge in [-0.15, -0.1) is 0 Å². The van der Waals surface area contributed by atoms with Gasteiger partial charge in [-0.1, -0.05) is 12.1 Å². The number of aromatic nitrogens is 2. The molecule has 24 heavy (non-hydrogen) atoms. The summed E-state index contributed by atoms with van der Waals surface area (Å²) in [5.74, 6) is 0.292. The zero-order valence-corrected chi connectivity index (χ0v) is 13.3. The van der Waals surface area contributed by atoms with E-state index in [4.69, 9.17) is 9.47 Å². The molecule has 3 aromatic rings. The van der Waals surface area contributed by atoms with Gasteiger partial charge in [0.15, 0.2) is 5.52 Å². The first-order valence-corrected chi connectivity index (χ1v) is 7.09. The number of rotatable bonds is 2. The summed E-state index contributed by atoms with van der Waals surface area (Å²) < 4.78 is 11.6. The summed E-state index contributed by atoms with van der Waals surface area (Å²) in [4.78, 5) is 25.8. The molecule has 3 rings (SSSR count). The Morgan fingerprint density at radius 2 is 1.83 bits per heavy atom. The quantitative estimate of drug-likeness (QED) is 0.531. The normalized spacial score (nSPS) is 10.8. The van der Waals surface area contributed by atoms with Crippen LogP contribution in [0.2, 0.25) is 0 Å². The highest BCUT2D eigenvalue weighted by Gasteiger charge is 2.24. The summed E-state index contributed by atoms with van der Waals surface area (Å²) in [5.41, 5.74) is 0.276. The van der Waals surface area contributed by atoms with Gasteiger partial charge in [0.05, 0.1) is 11.5 Å². The van der Waals surface area contributed by atoms with Crippen LogP contribution in [0.15, 0.2) is 36.4 Å². The standard InChI is InChI=1S/C16H15N3O5/c1-17(2)16(20)24-13-9-5-7-11-15(13)19(22)10-6-4-8-12(23-3)14(10)18(11)21/h4-9H,1-3H3. The zero-order valence-electron chi connectivity index (χ0n) is 13.3. The number of nitrogens with zero attached hydrogens (tertiary/aromatic N) is 3. The molecule has 0 atom stereocenters. The van der Waals surface area contributed by atoms with Gasteiger partial charge in [0.25, 0.3) is 5.52 Å². The van der Waals surface area contributed by atoms with Crippen LogP contribution in [-0.2, 0) is 0 Å². The second-order valence-electron chi connectivity index (χ2n) is 5.30. The van der Waals surface area contributed by atoms with E-state index in [0.717, 1.165) is 0 Å². The molecule has 0 aliphatic heterocycles. The van der Waals surface area contributed by atoms with Crippen LogP contribution in [0.1, 0.15) is 0 Å². The minimum absolute atomic E-state index is 0.00974. The fraction of sp³-hybridized carbons (Fsp3) is 0.188. The van der Waals surface area contributed by atoms with Gasteiger partial charge in [0.2, 0.25) is 5.75 Å². The van der Waals surface area contributed by atoms with Crippen molar-refractivity contribution in [3.63, 3.8) is 0 Å². The fourth-order valence-corrected chi connectivity index (χ4v) is 2.43. The lowest BCUT2D eigenvalue weighted by atomic mass is 10.2. The Balaban J connectivity index is 2.40. The third-order valence-corrected chi connectivity index (χ3v) is 3.58. The van der Waals surface area contributed by atoms with Gasteiger partial charge in [-0.2, -0.15) is 0 Å². The van der Waals surface area contributed by atoms with E-state index in [1.807, 2.05) is 0 Å². The Morgan fingerprint density at radius 3 is 2.50 bits per heavy atom. The molecule has 124 valence electrons. The van der Waals surface area contributed by atoms with Crippen LogP contribution in [0, 0.1) is 10.1 Å². The minimum Gasteiger partial charge on any atom is -0.805 e. The molecule has 1 heterocycles. The topological polar surface area (TPSA) is 89.7 Å². The lowest BCUT2D eigenvalue weighted by molar-refractivity contribution is -0.433. The van der Waals surface area contributed by atoms with Gasteiger partial charge >= 0.3 is 11.6 Å². The lowest BCUT2D eigenvalue weighted by Gasteiger charge is -2.17. The Morgan fingerprint density at radius 1 is 1.17 bits per heavy atom. The van der Waals surface area contributed by atoms with Crippen molar-refractivity contribution in [3.8, 4) is 11.5 Å². The van der Waals surface area contributed by atoms with Crippen molar-refractivity contribution >= 4 is 28.2 Å². The maximum atomic E-state index is 12.8. The monoisotopic (exact) mass is 329 g/mol. The molecule has 0 saturated carbocycles. The molecule has 0 N–H and O–H groups in total. The van der Waals surface area contributed by atoms with E-state index >= 15 is 0 Å². The van der Waals surface area contributed by atoms with E-state index in [0.29, 0.717) is 9.16 Å². The second-order valence-corrected chi connectivity index (χ2v) is 5.30. The number of ether oxygens (including phenoxy) is 2. The number of methoxy groups -OCH3 is 1. The molecule has 0 unspecified atom stereocenters. The number of para-hydroxylation sites is 2. The molecule has 0 aliphatic rings. The van der Waals surface area contributed by atoms with Crippen molar-refractivity contribution in [3.05, 3.63) is 46.5 Å². The van der Waals surface area contributed by atoms with E-state index in [-0.39, 0.29) is 33.6 Å². The van der Waals surface area contributed by atoms with Crippen molar-refractivity contribution in [2.45, 2.75) is 0 Å². The number of hydrogen-bond acceptors (Lipinski definition) is 5. The molecule has 0 spiro atoms. The van der Waals surface area contributed by atoms with Crippen LogP contribution >= 0.6 is 0 Å². The third kappa shape index (κ3) is 2.28. The number of benzene rings is 2. The van der Waals surface area contributed by atoms with E-state index < -0.39 is 6.09 Å². The van der Waals surface area contributed by atoms with Crippen LogP contribution in [0.5, 0.6) is 11.5 Å². The number of carbonyl (C=O) groups excluding carboxylic acids is 1. The first-order valence-electron chi connectivity index (χ1n) is 7.09. The molecule has 0 bridgehead atoms. The van der Waals surface area contributed by atoms with Crippen molar-refractivity contribution in [2.75, 3.05) is 21.2 Å². The first-order chi connectivity index (χ1) is 11.5. The smallest absolute Gasteiger partial charge is 0.414 e. The number of hydrogen-bond donors (Lipinski definition) is 0. The van der Waals surface area contributed by atoms with Crippen LogP contribution < -0.4 is 13.9 Å². The maximum Gasteiger partial charge on any atom is 0.414 e. The van der Waals surface area contributed by atoms with E-state index in [1.165, 1.54) is 50.4 Å². The summed E-state index contributed by atoms with van der Waals surface area (Å²) in [5, 5.41) is 12.7. The molecule has 0 saturated heterocycles. The first kappa shape index (κ1) is 15.6. The van der Waals surface area contributed by atoms with Crippen LogP contribution in [-0.4, -0.2) is 36.9 Å². The molecule has 0 aliphatic carbocycles. The van der Waals surface area contributed by atoms with Gasteiger partial charge in [0, 0.05) is 25.1 Å². The fourth-order valence-electron chi connectivity index (χ4n) is 2.43. The van der Waals surface area contributed by atoms with Gasteiger partial charge in [-0.25, -0.2) is 4.79 Å². The number of carbonyl (C=O) groups is 1. The largest absolute Gasteiger partial charge is 0.805 e. The Labute approximate surface area is 136 Å². The highest BCUT2D eigenvalue weighted by atomic mass is 16.6. The summed E-state index contributed by atoms with van der Waals surface area (Å²) >= 11 is 0. The van der Waals surface area contributed by atoms with Crippen LogP contribution in [0.4, 0.5) is 4.79 Å². The van der Waals surface area contributed by atoms with Crippen LogP contribution in [0.25, 0.3) is 22.1 Å². The van der Waals surface area contributed by atoms with Crippen LogP contribution in [0.3, 0.4) is 0 Å². The van der Waals surface area contributed by atoms with E-state index in [2.05, 4.69) is 0 Å². The average molecular weight is 329 g/mol. The molecule has 8 heteroatoms. The number of fused-ring (bicyclic) bond motifs is 2. The van der Waals surface area contributed by atoms with Gasteiger partial charge in [0.1, 0.15) is 11.3 Å². The minimum atomic E-state index is -0.648. The van der Waals surface area contributed by atoms with Crippen molar-refractivity contribution in [1.29, 1.82) is 0 Å². The van der Waals surface area contributed by atoms with Gasteiger partial charge in [-0.05, 0) is 18.2 Å². The molecule has 8 nitrogen and oxygen atoms in total. The third-order valence-electron chi connectivity index (χ3n) is 3.58. The molecule has 0 radical (unpaired) electrons. The van der Waals surface area contributed by atoms with Crippen molar-refractivity contribution in [1.82, 2.24) is 9.63 Å². The zero-order chi connectivity index (χ0) is 17.4. The summed E-state index contributed by atoms with van der Waals surface area (Å²) in [6, 6.07) is 9.19. The average Bonchev–Trinajstić information content (AvgIpc) is 2.58. The molecular weight excluding hydrogens is 314 g/mol. The second kappa shape index (κ2) is 5.73. The molecule has 1 amide bonds. The lowest BCUT2D eigenvalue weighted by Crippen LogP contribution is -2.27. The molecular formula is C16H15N3O5. The predicted molar refractivity (Wildman–Crippen MR) is 87.8 cm³/mol. The Bertz CT molecular complexity index is 1010. The van der Waals surface area contributed by atoms with Crippen molar-refractivity contribution < 1.29 is 18.7 Å². The molecule has 2 aromatic carbocycles. The predicted octanol–water partition coefficient (Wildman–Crippen LogP) is 2.12.